The Hall–Kier alpha value is -2.25. The van der Waals surface area contributed by atoms with Crippen molar-refractivity contribution in [3.8, 4) is 11.5 Å². The summed E-state index contributed by atoms with van der Waals surface area (Å²) < 4.78 is 1.67. The fraction of sp³-hybridized carbons (Fsp3) is 0.615. The van der Waals surface area contributed by atoms with Crippen molar-refractivity contribution in [3.05, 3.63) is 6.20 Å². The van der Waals surface area contributed by atoms with Gasteiger partial charge in [-0.1, -0.05) is 12.1 Å². The third-order valence-electron chi connectivity index (χ3n) is 3.49. The van der Waals surface area contributed by atoms with E-state index in [2.05, 4.69) is 42.4 Å². The Balaban J connectivity index is 1.98. The third kappa shape index (κ3) is 2.93. The maximum atomic E-state index is 4.59. The number of aryl methyl sites for hydroxylation is 1. The lowest BCUT2D eigenvalue weighted by atomic mass is 10.4. The Bertz CT molecular complexity index is 602. The zero-order valence-corrected chi connectivity index (χ0v) is 12.5. The summed E-state index contributed by atoms with van der Waals surface area (Å²) in [7, 11) is 1.83. The highest BCUT2D eigenvalue weighted by Gasteiger charge is 2.19. The van der Waals surface area contributed by atoms with Crippen LogP contribution in [0.1, 0.15) is 26.2 Å². The molecule has 112 valence electrons. The largest absolute Gasteiger partial charge is 0.354 e. The fourth-order valence-electron chi connectivity index (χ4n) is 2.35. The van der Waals surface area contributed by atoms with Gasteiger partial charge in [-0.05, 0) is 19.3 Å². The van der Waals surface area contributed by atoms with Gasteiger partial charge in [-0.15, -0.1) is 5.10 Å². The van der Waals surface area contributed by atoms with E-state index in [1.807, 2.05) is 7.05 Å². The molecule has 0 bridgehead atoms. The summed E-state index contributed by atoms with van der Waals surface area (Å²) in [6.45, 7) is 4.95. The summed E-state index contributed by atoms with van der Waals surface area (Å²) >= 11 is 0. The van der Waals surface area contributed by atoms with Crippen LogP contribution in [-0.2, 0) is 7.05 Å². The minimum absolute atomic E-state index is 0.609. The van der Waals surface area contributed by atoms with Gasteiger partial charge in [0.05, 0.1) is 6.20 Å². The molecule has 0 aliphatic carbocycles. The van der Waals surface area contributed by atoms with Gasteiger partial charge in [-0.3, -0.25) is 0 Å². The van der Waals surface area contributed by atoms with Crippen LogP contribution < -0.4 is 10.2 Å². The number of nitrogens with one attached hydrogen (secondary N) is 1. The molecule has 0 amide bonds. The van der Waals surface area contributed by atoms with Gasteiger partial charge in [-0.25, -0.2) is 4.68 Å². The average Bonchev–Trinajstić information content (AvgIpc) is 3.16. The molecule has 1 N–H and O–H groups in total. The molecule has 1 fully saturated rings. The Morgan fingerprint density at radius 1 is 1.19 bits per heavy atom. The van der Waals surface area contributed by atoms with Crippen LogP contribution in [0, 0.1) is 0 Å². The van der Waals surface area contributed by atoms with E-state index >= 15 is 0 Å². The first-order chi connectivity index (χ1) is 10.3. The minimum atomic E-state index is 0.609. The molecule has 21 heavy (non-hydrogen) atoms. The summed E-state index contributed by atoms with van der Waals surface area (Å²) in [5.74, 6) is 1.96. The van der Waals surface area contributed by atoms with E-state index in [0.29, 0.717) is 11.8 Å². The molecule has 3 rings (SSSR count). The monoisotopic (exact) mass is 288 g/mol. The van der Waals surface area contributed by atoms with Crippen molar-refractivity contribution in [2.45, 2.75) is 26.2 Å². The molecule has 8 heteroatoms. The van der Waals surface area contributed by atoms with Crippen molar-refractivity contribution < 1.29 is 0 Å². The number of hydrogen-bond acceptors (Lipinski definition) is 7. The van der Waals surface area contributed by atoms with E-state index in [4.69, 9.17) is 0 Å². The van der Waals surface area contributed by atoms with Gasteiger partial charge in [0.15, 0.2) is 5.82 Å². The van der Waals surface area contributed by atoms with Gasteiger partial charge in [0.25, 0.3) is 0 Å². The van der Waals surface area contributed by atoms with Crippen LogP contribution in [0.4, 0.5) is 11.9 Å². The van der Waals surface area contributed by atoms with Crippen LogP contribution in [0.15, 0.2) is 6.20 Å². The zero-order chi connectivity index (χ0) is 14.7. The Labute approximate surface area is 123 Å². The Morgan fingerprint density at radius 3 is 2.67 bits per heavy atom. The highest BCUT2D eigenvalue weighted by molar-refractivity contribution is 5.53. The molecule has 2 aromatic heterocycles. The molecule has 0 saturated carbocycles. The van der Waals surface area contributed by atoms with Crippen molar-refractivity contribution in [2.75, 3.05) is 29.9 Å². The molecule has 8 nitrogen and oxygen atoms in total. The molecule has 0 radical (unpaired) electrons. The molecular weight excluding hydrogens is 268 g/mol. The number of aromatic nitrogens is 6. The predicted octanol–water partition coefficient (Wildman–Crippen LogP) is 1.09. The second-order valence-electron chi connectivity index (χ2n) is 5.15. The lowest BCUT2D eigenvalue weighted by molar-refractivity contribution is 0.716. The molecule has 3 heterocycles. The Kier molecular flexibility index (Phi) is 3.94. The van der Waals surface area contributed by atoms with Crippen LogP contribution in [0.2, 0.25) is 0 Å². The third-order valence-corrected chi connectivity index (χ3v) is 3.49. The number of anilines is 2. The summed E-state index contributed by atoms with van der Waals surface area (Å²) in [6, 6.07) is 0. The van der Waals surface area contributed by atoms with Gasteiger partial charge in [0, 0.05) is 26.7 Å². The molecule has 1 aliphatic heterocycles. The smallest absolute Gasteiger partial charge is 0.230 e. The van der Waals surface area contributed by atoms with Crippen molar-refractivity contribution >= 4 is 11.9 Å². The maximum absolute atomic E-state index is 4.59. The van der Waals surface area contributed by atoms with E-state index in [1.165, 1.54) is 12.8 Å². The fourth-order valence-corrected chi connectivity index (χ4v) is 2.35. The van der Waals surface area contributed by atoms with Crippen molar-refractivity contribution in [3.63, 3.8) is 0 Å². The molecule has 1 aliphatic rings. The first kappa shape index (κ1) is 13.7. The highest BCUT2D eigenvalue weighted by Crippen LogP contribution is 2.21. The van der Waals surface area contributed by atoms with Gasteiger partial charge >= 0.3 is 0 Å². The van der Waals surface area contributed by atoms with E-state index in [0.717, 1.165) is 37.7 Å². The van der Waals surface area contributed by atoms with Crippen molar-refractivity contribution in [2.24, 2.45) is 7.05 Å². The molecule has 2 aromatic rings. The minimum Gasteiger partial charge on any atom is -0.354 e. The van der Waals surface area contributed by atoms with E-state index < -0.39 is 0 Å². The number of rotatable bonds is 5. The number of nitrogens with zero attached hydrogens (tertiary/aromatic N) is 7. The summed E-state index contributed by atoms with van der Waals surface area (Å²) in [6.07, 6.45) is 5.07. The summed E-state index contributed by atoms with van der Waals surface area (Å²) in [4.78, 5) is 15.8. The lowest BCUT2D eigenvalue weighted by Crippen LogP contribution is -2.22. The topological polar surface area (TPSA) is 84.7 Å². The molecule has 0 spiro atoms. The van der Waals surface area contributed by atoms with Crippen LogP contribution in [0.25, 0.3) is 11.5 Å². The number of hydrogen-bond donors (Lipinski definition) is 1. The first-order valence-corrected chi connectivity index (χ1v) is 7.38. The van der Waals surface area contributed by atoms with Gasteiger partial charge in [0.1, 0.15) is 5.69 Å². The van der Waals surface area contributed by atoms with E-state index in [1.54, 1.807) is 10.9 Å². The summed E-state index contributed by atoms with van der Waals surface area (Å²) in [5.41, 5.74) is 0.789. The standard InChI is InChI=1S/C13H20N8/c1-3-6-14-12-16-11(10-9-15-19-20(10)2)17-13(18-12)21-7-4-5-8-21/h9H,3-8H2,1-2H3,(H,14,16,17,18). The second-order valence-corrected chi connectivity index (χ2v) is 5.15. The molecule has 0 atom stereocenters. The molecule has 0 aromatic carbocycles. The quantitative estimate of drug-likeness (QED) is 0.881. The lowest BCUT2D eigenvalue weighted by Gasteiger charge is -2.16. The molecule has 0 unspecified atom stereocenters. The first-order valence-electron chi connectivity index (χ1n) is 7.38. The van der Waals surface area contributed by atoms with Crippen LogP contribution in [0.3, 0.4) is 0 Å². The van der Waals surface area contributed by atoms with Crippen molar-refractivity contribution in [1.82, 2.24) is 29.9 Å². The van der Waals surface area contributed by atoms with E-state index in [9.17, 15) is 0 Å². The van der Waals surface area contributed by atoms with E-state index in [-0.39, 0.29) is 0 Å². The van der Waals surface area contributed by atoms with Crippen LogP contribution in [-0.4, -0.2) is 49.6 Å². The van der Waals surface area contributed by atoms with Crippen LogP contribution >= 0.6 is 0 Å². The Morgan fingerprint density at radius 2 is 2.00 bits per heavy atom. The predicted molar refractivity (Wildman–Crippen MR) is 80.1 cm³/mol. The zero-order valence-electron chi connectivity index (χ0n) is 12.5. The van der Waals surface area contributed by atoms with Gasteiger partial charge in [0.2, 0.25) is 11.9 Å². The SMILES string of the molecule is CCCNc1nc(-c2cnnn2C)nc(N2CCCC2)n1. The van der Waals surface area contributed by atoms with Crippen LogP contribution in [0.5, 0.6) is 0 Å². The molecular formula is C13H20N8. The second kappa shape index (κ2) is 6.02. The van der Waals surface area contributed by atoms with Gasteiger partial charge in [-0.2, -0.15) is 15.0 Å². The molecule has 1 saturated heterocycles. The average molecular weight is 288 g/mol. The van der Waals surface area contributed by atoms with Gasteiger partial charge < -0.3 is 10.2 Å². The summed E-state index contributed by atoms with van der Waals surface area (Å²) in [5, 5.41) is 11.1. The highest BCUT2D eigenvalue weighted by atomic mass is 15.4. The normalized spacial score (nSPS) is 14.7. The maximum Gasteiger partial charge on any atom is 0.230 e. The van der Waals surface area contributed by atoms with Crippen molar-refractivity contribution in [1.29, 1.82) is 0 Å².